The summed E-state index contributed by atoms with van der Waals surface area (Å²) < 4.78 is 66.3. The number of halogens is 3. The lowest BCUT2D eigenvalue weighted by Gasteiger charge is -2.15. The number of primary amides is 1. The van der Waals surface area contributed by atoms with Crippen molar-refractivity contribution in [2.24, 2.45) is 19.8 Å². The zero-order valence-corrected chi connectivity index (χ0v) is 16.2. The number of aromatic nitrogens is 9. The number of nitrogens with zero attached hydrogens (tertiary/aromatic N) is 9. The number of aryl methyl sites for hydroxylation is 2. The Morgan fingerprint density at radius 1 is 1.17 bits per heavy atom. The van der Waals surface area contributed by atoms with Crippen LogP contribution in [0.2, 0.25) is 0 Å². The van der Waals surface area contributed by atoms with E-state index in [1.165, 1.54) is 14.1 Å². The van der Waals surface area contributed by atoms with Gasteiger partial charge in [-0.15, -0.1) is 15.3 Å². The average molecular weight is 446 g/mol. The number of hydrogen-bond acceptors (Lipinski definition) is 10. The van der Waals surface area contributed by atoms with E-state index in [0.29, 0.717) is 6.07 Å². The lowest BCUT2D eigenvalue weighted by molar-refractivity contribution is -0.141. The van der Waals surface area contributed by atoms with Gasteiger partial charge >= 0.3 is 6.18 Å². The monoisotopic (exact) mass is 446 g/mol. The third-order valence-electron chi connectivity index (χ3n) is 3.75. The molecule has 0 aliphatic carbocycles. The largest absolute Gasteiger partial charge is 0.433 e. The second-order valence-electron chi connectivity index (χ2n) is 6.09. The molecule has 0 fully saturated rings. The number of rotatable bonds is 6. The number of pyridine rings is 1. The quantitative estimate of drug-likeness (QED) is 0.495. The van der Waals surface area contributed by atoms with Crippen molar-refractivity contribution < 1.29 is 26.4 Å². The first-order chi connectivity index (χ1) is 13.9. The molecule has 0 spiro atoms. The van der Waals surface area contributed by atoms with Gasteiger partial charge in [0.15, 0.2) is 21.5 Å². The first-order valence-electron chi connectivity index (χ1n) is 7.94. The Bertz CT molecular complexity index is 1220. The summed E-state index contributed by atoms with van der Waals surface area (Å²) in [6, 6.07) is 0.534. The van der Waals surface area contributed by atoms with Gasteiger partial charge in [0.05, 0.1) is 24.1 Å². The summed E-state index contributed by atoms with van der Waals surface area (Å²) in [7, 11) is -1.43. The molecule has 2 N–H and O–H groups in total. The standard InChI is InChI=1S/C13H13F3N10O3S/c1-25-12(20-22-24-25)6-3-8(13(14,15)16)18-7(10(6)11(17)27)4-30(28,29)5-9-19-23-26(2)21-9/h3H,4-5H2,1-2H3,(H2,17,27). The second-order valence-corrected chi connectivity index (χ2v) is 8.16. The smallest absolute Gasteiger partial charge is 0.366 e. The van der Waals surface area contributed by atoms with Gasteiger partial charge in [0.1, 0.15) is 11.4 Å². The molecular weight excluding hydrogens is 433 g/mol. The minimum absolute atomic E-state index is 0.178. The van der Waals surface area contributed by atoms with Crippen LogP contribution in [0.25, 0.3) is 11.4 Å². The van der Waals surface area contributed by atoms with Crippen LogP contribution in [0, 0.1) is 0 Å². The molecule has 0 aliphatic rings. The van der Waals surface area contributed by atoms with Gasteiger partial charge in [-0.1, -0.05) is 0 Å². The maximum absolute atomic E-state index is 13.4. The van der Waals surface area contributed by atoms with Gasteiger partial charge in [-0.05, 0) is 21.7 Å². The van der Waals surface area contributed by atoms with Crippen LogP contribution in [0.4, 0.5) is 13.2 Å². The lowest BCUT2D eigenvalue weighted by Crippen LogP contribution is -2.22. The van der Waals surface area contributed by atoms with E-state index in [1.807, 2.05) is 0 Å². The molecule has 0 atom stereocenters. The van der Waals surface area contributed by atoms with Crippen molar-refractivity contribution in [3.05, 3.63) is 28.8 Å². The molecule has 0 bridgehead atoms. The molecule has 1 amide bonds. The van der Waals surface area contributed by atoms with Crippen molar-refractivity contribution in [3.8, 4) is 11.4 Å². The Kier molecular flexibility index (Phi) is 5.23. The fourth-order valence-electron chi connectivity index (χ4n) is 2.59. The van der Waals surface area contributed by atoms with Gasteiger partial charge in [-0.25, -0.2) is 18.1 Å². The Morgan fingerprint density at radius 2 is 1.87 bits per heavy atom. The number of carbonyl (C=O) groups excluding carboxylic acids is 1. The average Bonchev–Trinajstić information content (AvgIpc) is 3.20. The van der Waals surface area contributed by atoms with E-state index in [9.17, 15) is 26.4 Å². The number of carbonyl (C=O) groups is 1. The van der Waals surface area contributed by atoms with Crippen LogP contribution in [0.3, 0.4) is 0 Å². The van der Waals surface area contributed by atoms with E-state index in [2.05, 4.69) is 35.9 Å². The summed E-state index contributed by atoms with van der Waals surface area (Å²) in [4.78, 5) is 16.4. The molecule has 3 aromatic rings. The molecule has 0 aromatic carbocycles. The van der Waals surface area contributed by atoms with Crippen LogP contribution in [0.1, 0.15) is 27.6 Å². The number of sulfone groups is 1. The highest BCUT2D eigenvalue weighted by atomic mass is 32.2. The summed E-state index contributed by atoms with van der Waals surface area (Å²) in [6.45, 7) is 0. The van der Waals surface area contributed by atoms with E-state index in [0.717, 1.165) is 9.48 Å². The SMILES string of the molecule is Cn1nnc(CS(=O)(=O)Cc2nc(C(F)(F)F)cc(-c3nnnn3C)c2C(N)=O)n1. The molecule has 3 heterocycles. The van der Waals surface area contributed by atoms with Gasteiger partial charge < -0.3 is 5.73 Å². The van der Waals surface area contributed by atoms with Crippen molar-refractivity contribution >= 4 is 15.7 Å². The number of hydrogen-bond donors (Lipinski definition) is 1. The predicted octanol–water partition coefficient (Wildman–Crippen LogP) is -0.972. The molecule has 30 heavy (non-hydrogen) atoms. The fourth-order valence-corrected chi connectivity index (χ4v) is 3.83. The Labute approximate surface area is 166 Å². The van der Waals surface area contributed by atoms with Gasteiger partial charge in [-0.3, -0.25) is 4.79 Å². The van der Waals surface area contributed by atoms with Crippen LogP contribution >= 0.6 is 0 Å². The molecule has 13 nitrogen and oxygen atoms in total. The summed E-state index contributed by atoms with van der Waals surface area (Å²) in [5.74, 6) is -3.38. The highest BCUT2D eigenvalue weighted by Crippen LogP contribution is 2.33. The second kappa shape index (κ2) is 7.39. The van der Waals surface area contributed by atoms with Crippen molar-refractivity contribution in [1.29, 1.82) is 0 Å². The first kappa shape index (κ1) is 21.2. The first-order valence-corrected chi connectivity index (χ1v) is 9.76. The van der Waals surface area contributed by atoms with Crippen LogP contribution in [0.15, 0.2) is 6.07 Å². The van der Waals surface area contributed by atoms with Crippen LogP contribution in [0.5, 0.6) is 0 Å². The molecule has 160 valence electrons. The highest BCUT2D eigenvalue weighted by Gasteiger charge is 2.36. The van der Waals surface area contributed by atoms with E-state index >= 15 is 0 Å². The van der Waals surface area contributed by atoms with Gasteiger partial charge in [-0.2, -0.15) is 18.0 Å². The number of alkyl halides is 3. The fraction of sp³-hybridized carbons (Fsp3) is 0.385. The molecular formula is C13H13F3N10O3S. The van der Waals surface area contributed by atoms with E-state index in [-0.39, 0.29) is 11.6 Å². The van der Waals surface area contributed by atoms with E-state index < -0.39 is 55.9 Å². The zero-order valence-electron chi connectivity index (χ0n) is 15.4. The molecule has 0 unspecified atom stereocenters. The van der Waals surface area contributed by atoms with Crippen LogP contribution in [-0.2, 0) is 41.6 Å². The summed E-state index contributed by atoms with van der Waals surface area (Å²) in [5, 5.41) is 21.1. The number of nitrogens with two attached hydrogens (primary N) is 1. The molecule has 3 rings (SSSR count). The molecule has 0 radical (unpaired) electrons. The lowest BCUT2D eigenvalue weighted by atomic mass is 10.0. The molecule has 17 heteroatoms. The molecule has 0 saturated heterocycles. The third-order valence-corrected chi connectivity index (χ3v) is 5.16. The maximum Gasteiger partial charge on any atom is 0.433 e. The van der Waals surface area contributed by atoms with E-state index in [1.54, 1.807) is 0 Å². The highest BCUT2D eigenvalue weighted by molar-refractivity contribution is 7.89. The van der Waals surface area contributed by atoms with Gasteiger partial charge in [0, 0.05) is 12.6 Å². The summed E-state index contributed by atoms with van der Waals surface area (Å²) in [6.07, 6.45) is -4.94. The molecule has 0 saturated carbocycles. The minimum atomic E-state index is -4.94. The Hall–Kier alpha value is -3.50. The summed E-state index contributed by atoms with van der Waals surface area (Å²) >= 11 is 0. The van der Waals surface area contributed by atoms with Crippen molar-refractivity contribution in [2.45, 2.75) is 17.7 Å². The number of tetrazole rings is 2. The minimum Gasteiger partial charge on any atom is -0.366 e. The number of amides is 1. The van der Waals surface area contributed by atoms with Crippen molar-refractivity contribution in [1.82, 2.24) is 45.4 Å². The van der Waals surface area contributed by atoms with Crippen molar-refractivity contribution in [3.63, 3.8) is 0 Å². The normalized spacial score (nSPS) is 12.3. The van der Waals surface area contributed by atoms with Gasteiger partial charge in [0.2, 0.25) is 0 Å². The molecule has 3 aromatic heterocycles. The van der Waals surface area contributed by atoms with E-state index in [4.69, 9.17) is 5.73 Å². The Morgan fingerprint density at radius 3 is 2.37 bits per heavy atom. The third kappa shape index (κ3) is 4.39. The van der Waals surface area contributed by atoms with Crippen LogP contribution < -0.4 is 5.73 Å². The van der Waals surface area contributed by atoms with Gasteiger partial charge in [0.25, 0.3) is 5.91 Å². The van der Waals surface area contributed by atoms with Crippen molar-refractivity contribution in [2.75, 3.05) is 0 Å². The Balaban J connectivity index is 2.17. The maximum atomic E-state index is 13.4. The molecule has 0 aliphatic heterocycles. The van der Waals surface area contributed by atoms with Crippen LogP contribution in [-0.4, -0.2) is 59.7 Å². The summed E-state index contributed by atoms with van der Waals surface area (Å²) in [5.41, 5.74) is 2.26. The predicted molar refractivity (Wildman–Crippen MR) is 90.7 cm³/mol. The zero-order chi connectivity index (χ0) is 22.3. The topological polar surface area (TPSA) is 177 Å².